The predicted octanol–water partition coefficient (Wildman–Crippen LogP) is 3.14. The van der Waals surface area contributed by atoms with Gasteiger partial charge in [0.1, 0.15) is 5.82 Å². The maximum Gasteiger partial charge on any atom is 0.237 e. The Morgan fingerprint density at radius 2 is 1.92 bits per heavy atom. The molecule has 2 heterocycles. The summed E-state index contributed by atoms with van der Waals surface area (Å²) in [6.45, 7) is 6.72. The summed E-state index contributed by atoms with van der Waals surface area (Å²) in [7, 11) is 0. The van der Waals surface area contributed by atoms with Crippen molar-refractivity contribution in [1.82, 2.24) is 15.5 Å². The van der Waals surface area contributed by atoms with Crippen LogP contribution in [0.15, 0.2) is 24.3 Å². The van der Waals surface area contributed by atoms with E-state index < -0.39 is 0 Å². The van der Waals surface area contributed by atoms with E-state index in [1.807, 2.05) is 0 Å². The van der Waals surface area contributed by atoms with Gasteiger partial charge >= 0.3 is 0 Å². The minimum Gasteiger partial charge on any atom is -0.354 e. The quantitative estimate of drug-likeness (QED) is 0.790. The molecule has 0 aromatic heterocycles. The Hall–Kier alpha value is -0.880. The van der Waals surface area contributed by atoms with Crippen LogP contribution in [0.25, 0.3) is 0 Å². The standard InChI is InChI=1S/C19H28FN3O.2ClH/c1-19(8-10-21-11-9-19)14-22-18(24)17-3-2-12-23(17)13-15-4-6-16(20)7-5-15;;/h4-7,17,21H,2-3,8-14H2,1H3,(H,22,24);2*1H. The van der Waals surface area contributed by atoms with Gasteiger partial charge in [0.05, 0.1) is 6.04 Å². The van der Waals surface area contributed by atoms with Crippen molar-refractivity contribution in [2.24, 2.45) is 5.41 Å². The zero-order chi connectivity index (χ0) is 17.0. The molecule has 2 aliphatic heterocycles. The summed E-state index contributed by atoms with van der Waals surface area (Å²) in [5.41, 5.74) is 1.27. The van der Waals surface area contributed by atoms with Crippen molar-refractivity contribution in [3.63, 3.8) is 0 Å². The Labute approximate surface area is 168 Å². The van der Waals surface area contributed by atoms with E-state index in [2.05, 4.69) is 22.5 Å². The van der Waals surface area contributed by atoms with Crippen LogP contribution in [0.3, 0.4) is 0 Å². The second-order valence-corrected chi connectivity index (χ2v) is 7.53. The number of carbonyl (C=O) groups is 1. The number of halogens is 3. The van der Waals surface area contributed by atoms with Crippen LogP contribution in [0.5, 0.6) is 0 Å². The van der Waals surface area contributed by atoms with Gasteiger partial charge in [-0.1, -0.05) is 19.1 Å². The molecule has 2 saturated heterocycles. The minimum atomic E-state index is -0.218. The zero-order valence-corrected chi connectivity index (χ0v) is 16.9. The summed E-state index contributed by atoms with van der Waals surface area (Å²) in [5, 5.41) is 6.56. The molecule has 148 valence electrons. The molecule has 1 atom stereocenters. The average molecular weight is 406 g/mol. The first-order valence-corrected chi connectivity index (χ1v) is 9.03. The highest BCUT2D eigenvalue weighted by Gasteiger charge is 2.33. The van der Waals surface area contributed by atoms with Crippen LogP contribution >= 0.6 is 24.8 Å². The Bertz CT molecular complexity index is 564. The molecule has 1 aromatic rings. The summed E-state index contributed by atoms with van der Waals surface area (Å²) in [6, 6.07) is 6.52. The van der Waals surface area contributed by atoms with Gasteiger partial charge in [0.15, 0.2) is 0 Å². The number of benzene rings is 1. The average Bonchev–Trinajstić information content (AvgIpc) is 3.04. The molecule has 0 spiro atoms. The van der Waals surface area contributed by atoms with Crippen LogP contribution in [0.4, 0.5) is 4.39 Å². The van der Waals surface area contributed by atoms with Crippen molar-refractivity contribution in [3.8, 4) is 0 Å². The lowest BCUT2D eigenvalue weighted by atomic mass is 9.81. The van der Waals surface area contributed by atoms with Gasteiger partial charge in [-0.3, -0.25) is 9.69 Å². The van der Waals surface area contributed by atoms with Gasteiger partial charge in [0.2, 0.25) is 5.91 Å². The molecule has 1 unspecified atom stereocenters. The summed E-state index contributed by atoms with van der Waals surface area (Å²) in [6.07, 6.45) is 4.17. The van der Waals surface area contributed by atoms with Gasteiger partial charge in [-0.2, -0.15) is 0 Å². The fraction of sp³-hybridized carbons (Fsp3) is 0.632. The Morgan fingerprint density at radius 3 is 2.58 bits per heavy atom. The third-order valence-corrected chi connectivity index (χ3v) is 5.47. The molecule has 3 rings (SSSR count). The molecule has 2 fully saturated rings. The molecule has 1 aromatic carbocycles. The maximum atomic E-state index is 13.0. The zero-order valence-electron chi connectivity index (χ0n) is 15.3. The van der Waals surface area contributed by atoms with Crippen LogP contribution in [0, 0.1) is 11.2 Å². The number of hydrogen-bond donors (Lipinski definition) is 2. The van der Waals surface area contributed by atoms with Crippen LogP contribution in [0.2, 0.25) is 0 Å². The van der Waals surface area contributed by atoms with Crippen molar-refractivity contribution in [1.29, 1.82) is 0 Å². The normalized spacial score (nSPS) is 22.2. The highest BCUT2D eigenvalue weighted by Crippen LogP contribution is 2.27. The molecule has 0 bridgehead atoms. The fourth-order valence-electron chi connectivity index (χ4n) is 3.76. The summed E-state index contributed by atoms with van der Waals surface area (Å²) in [4.78, 5) is 14.9. The number of amides is 1. The van der Waals surface area contributed by atoms with Gasteiger partial charge in [-0.25, -0.2) is 4.39 Å². The topological polar surface area (TPSA) is 44.4 Å². The molecular weight excluding hydrogens is 376 g/mol. The Morgan fingerprint density at radius 1 is 1.27 bits per heavy atom. The molecule has 4 nitrogen and oxygen atoms in total. The molecule has 26 heavy (non-hydrogen) atoms. The SMILES string of the molecule is CC1(CNC(=O)C2CCCN2Cc2ccc(F)cc2)CCNCC1.Cl.Cl. The number of rotatable bonds is 5. The number of nitrogens with zero attached hydrogens (tertiary/aromatic N) is 1. The van der Waals surface area contributed by atoms with E-state index in [0.29, 0.717) is 6.54 Å². The second-order valence-electron chi connectivity index (χ2n) is 7.53. The molecule has 2 N–H and O–H groups in total. The first kappa shape index (κ1) is 23.2. The summed E-state index contributed by atoms with van der Waals surface area (Å²) < 4.78 is 13.0. The fourth-order valence-corrected chi connectivity index (χ4v) is 3.76. The van der Waals surface area contributed by atoms with Crippen LogP contribution in [-0.2, 0) is 11.3 Å². The number of nitrogens with one attached hydrogen (secondary N) is 2. The molecule has 7 heteroatoms. The van der Waals surface area contributed by atoms with Crippen molar-refractivity contribution in [3.05, 3.63) is 35.6 Å². The van der Waals surface area contributed by atoms with Crippen LogP contribution < -0.4 is 10.6 Å². The maximum absolute atomic E-state index is 13.0. The number of hydrogen-bond acceptors (Lipinski definition) is 3. The number of piperidine rings is 1. The molecule has 0 saturated carbocycles. The lowest BCUT2D eigenvalue weighted by Gasteiger charge is -2.35. The van der Waals surface area contributed by atoms with Crippen LogP contribution in [0.1, 0.15) is 38.2 Å². The van der Waals surface area contributed by atoms with Gasteiger partial charge in [0.25, 0.3) is 0 Å². The summed E-state index contributed by atoms with van der Waals surface area (Å²) in [5.74, 6) is -0.0703. The predicted molar refractivity (Wildman–Crippen MR) is 108 cm³/mol. The highest BCUT2D eigenvalue weighted by atomic mass is 35.5. The molecule has 1 amide bonds. The third-order valence-electron chi connectivity index (χ3n) is 5.47. The van der Waals surface area contributed by atoms with E-state index in [1.54, 1.807) is 12.1 Å². The minimum absolute atomic E-state index is 0. The number of likely N-dealkylation sites (tertiary alicyclic amines) is 1. The first-order valence-electron chi connectivity index (χ1n) is 9.03. The van der Waals surface area contributed by atoms with Gasteiger partial charge in [-0.05, 0) is 68.4 Å². The molecule has 2 aliphatic rings. The van der Waals surface area contributed by atoms with Crippen molar-refractivity contribution in [2.45, 2.75) is 45.2 Å². The van der Waals surface area contributed by atoms with Crippen molar-refractivity contribution >= 4 is 30.7 Å². The molecule has 0 radical (unpaired) electrons. The van der Waals surface area contributed by atoms with Crippen LogP contribution in [-0.4, -0.2) is 43.0 Å². The lowest BCUT2D eigenvalue weighted by molar-refractivity contribution is -0.126. The molecular formula is C19H30Cl2FN3O. The highest BCUT2D eigenvalue weighted by molar-refractivity contribution is 5.85. The van der Waals surface area contributed by atoms with Gasteiger partial charge in [-0.15, -0.1) is 24.8 Å². The van der Waals surface area contributed by atoms with E-state index in [1.165, 1.54) is 12.1 Å². The second kappa shape index (κ2) is 10.5. The van der Waals surface area contributed by atoms with Crippen molar-refractivity contribution in [2.75, 3.05) is 26.2 Å². The Kier molecular flexibility index (Phi) is 9.31. The smallest absolute Gasteiger partial charge is 0.237 e. The van der Waals surface area contributed by atoms with E-state index in [4.69, 9.17) is 0 Å². The third kappa shape index (κ3) is 6.08. The van der Waals surface area contributed by atoms with Gasteiger partial charge < -0.3 is 10.6 Å². The monoisotopic (exact) mass is 405 g/mol. The van der Waals surface area contributed by atoms with E-state index >= 15 is 0 Å². The van der Waals surface area contributed by atoms with Crippen molar-refractivity contribution < 1.29 is 9.18 Å². The lowest BCUT2D eigenvalue weighted by Crippen LogP contribution is -2.48. The molecule has 0 aliphatic carbocycles. The first-order chi connectivity index (χ1) is 11.6. The summed E-state index contributed by atoms with van der Waals surface area (Å²) >= 11 is 0. The number of carbonyl (C=O) groups excluding carboxylic acids is 1. The van der Waals surface area contributed by atoms with E-state index in [9.17, 15) is 9.18 Å². The van der Waals surface area contributed by atoms with E-state index in [0.717, 1.165) is 57.4 Å². The largest absolute Gasteiger partial charge is 0.354 e. The Balaban J connectivity index is 0.00000169. The van der Waals surface area contributed by atoms with Gasteiger partial charge in [0, 0.05) is 13.1 Å². The van der Waals surface area contributed by atoms with E-state index in [-0.39, 0.29) is 48.0 Å².